The first-order valence-electron chi connectivity index (χ1n) is 5.20. The number of fused-ring (bicyclic) bond motifs is 1. The molecule has 0 bridgehead atoms. The molecule has 0 fully saturated rings. The fourth-order valence-electron chi connectivity index (χ4n) is 1.59. The maximum atomic E-state index is 12.0. The van der Waals surface area contributed by atoms with Gasteiger partial charge in [0.2, 0.25) is 5.43 Å². The minimum atomic E-state index is -1.17. The van der Waals surface area contributed by atoms with Crippen LogP contribution in [0.25, 0.3) is 10.9 Å². The number of aromatic amines is 1. The van der Waals surface area contributed by atoms with Crippen molar-refractivity contribution in [2.24, 2.45) is 0 Å². The molecule has 0 spiro atoms. The minimum Gasteiger partial charge on any atom is -0.480 e. The van der Waals surface area contributed by atoms with E-state index in [-0.39, 0.29) is 5.56 Å². The highest BCUT2D eigenvalue weighted by Gasteiger charge is 2.13. The highest BCUT2D eigenvalue weighted by molar-refractivity contribution is 5.98. The quantitative estimate of drug-likeness (QED) is 0.727. The van der Waals surface area contributed by atoms with Crippen LogP contribution < -0.4 is 10.7 Å². The predicted molar refractivity (Wildman–Crippen MR) is 64.5 cm³/mol. The third-order valence-electron chi connectivity index (χ3n) is 2.43. The molecule has 0 aliphatic carbocycles. The number of nitrogens with one attached hydrogen (secondary N) is 2. The Bertz CT molecular complexity index is 675. The van der Waals surface area contributed by atoms with Crippen LogP contribution in [-0.2, 0) is 4.79 Å². The van der Waals surface area contributed by atoms with E-state index in [1.54, 1.807) is 24.3 Å². The summed E-state index contributed by atoms with van der Waals surface area (Å²) >= 11 is 0. The monoisotopic (exact) mass is 246 g/mol. The minimum absolute atomic E-state index is 0.102. The van der Waals surface area contributed by atoms with Crippen LogP contribution in [0.4, 0.5) is 0 Å². The molecule has 6 nitrogen and oxygen atoms in total. The Morgan fingerprint density at radius 2 is 2.00 bits per heavy atom. The molecule has 1 aromatic heterocycles. The summed E-state index contributed by atoms with van der Waals surface area (Å²) in [6, 6.07) is 6.77. The molecule has 2 aromatic rings. The SMILES string of the molecule is O=C(O)CNC(=O)c1c[nH]c2ccccc2c1=O. The molecule has 3 N–H and O–H groups in total. The number of rotatable bonds is 3. The Labute approximate surface area is 101 Å². The van der Waals surface area contributed by atoms with Gasteiger partial charge in [-0.3, -0.25) is 14.4 Å². The van der Waals surface area contributed by atoms with E-state index >= 15 is 0 Å². The van der Waals surface area contributed by atoms with Crippen molar-refractivity contribution in [1.82, 2.24) is 10.3 Å². The Morgan fingerprint density at radius 3 is 2.72 bits per heavy atom. The standard InChI is InChI=1S/C12H10N2O4/c15-10(16)6-14-12(18)8-5-13-9-4-2-1-3-7(9)11(8)17/h1-5H,6H2,(H,13,17)(H,14,18)(H,15,16). The number of aromatic nitrogens is 1. The lowest BCUT2D eigenvalue weighted by Crippen LogP contribution is -2.32. The van der Waals surface area contributed by atoms with Crippen LogP contribution in [0.2, 0.25) is 0 Å². The van der Waals surface area contributed by atoms with E-state index in [0.717, 1.165) is 0 Å². The molecule has 2 rings (SSSR count). The maximum absolute atomic E-state index is 12.0. The lowest BCUT2D eigenvalue weighted by Gasteiger charge is -2.03. The summed E-state index contributed by atoms with van der Waals surface area (Å²) in [5, 5.41) is 11.0. The number of carboxylic acid groups (broad SMARTS) is 1. The highest BCUT2D eigenvalue weighted by atomic mass is 16.4. The number of pyridine rings is 1. The highest BCUT2D eigenvalue weighted by Crippen LogP contribution is 2.06. The van der Waals surface area contributed by atoms with Crippen molar-refractivity contribution in [3.05, 3.63) is 46.2 Å². The van der Waals surface area contributed by atoms with Gasteiger partial charge in [-0.15, -0.1) is 0 Å². The first-order valence-corrected chi connectivity index (χ1v) is 5.20. The first-order chi connectivity index (χ1) is 8.59. The molecule has 0 atom stereocenters. The van der Waals surface area contributed by atoms with Crippen molar-refractivity contribution in [3.63, 3.8) is 0 Å². The summed E-state index contributed by atoms with van der Waals surface area (Å²) in [6.45, 7) is -0.523. The average molecular weight is 246 g/mol. The van der Waals surface area contributed by atoms with Crippen molar-refractivity contribution in [1.29, 1.82) is 0 Å². The van der Waals surface area contributed by atoms with Crippen LogP contribution in [0.3, 0.4) is 0 Å². The Hall–Kier alpha value is -2.63. The molecule has 1 amide bonds. The van der Waals surface area contributed by atoms with Crippen molar-refractivity contribution in [2.75, 3.05) is 6.54 Å². The van der Waals surface area contributed by atoms with Crippen molar-refractivity contribution >= 4 is 22.8 Å². The maximum Gasteiger partial charge on any atom is 0.322 e. The molecule has 92 valence electrons. The molecule has 1 heterocycles. The molecule has 0 aliphatic rings. The second-order valence-electron chi connectivity index (χ2n) is 3.65. The van der Waals surface area contributed by atoms with Crippen LogP contribution in [0.15, 0.2) is 35.3 Å². The zero-order valence-corrected chi connectivity index (χ0v) is 9.27. The number of benzene rings is 1. The van der Waals surface area contributed by atoms with Gasteiger partial charge in [0.1, 0.15) is 12.1 Å². The Balaban J connectivity index is 2.40. The third-order valence-corrected chi connectivity index (χ3v) is 2.43. The number of para-hydroxylation sites is 1. The van der Waals surface area contributed by atoms with Crippen molar-refractivity contribution in [3.8, 4) is 0 Å². The Morgan fingerprint density at radius 1 is 1.28 bits per heavy atom. The molecule has 0 radical (unpaired) electrons. The normalized spacial score (nSPS) is 10.2. The van der Waals surface area contributed by atoms with Crippen LogP contribution in [0.5, 0.6) is 0 Å². The molecule has 0 unspecified atom stereocenters. The van der Waals surface area contributed by atoms with Crippen LogP contribution in [0, 0.1) is 0 Å². The summed E-state index contributed by atoms with van der Waals surface area (Å²) in [5.74, 6) is -1.87. The second kappa shape index (κ2) is 4.70. The van der Waals surface area contributed by atoms with E-state index in [1.165, 1.54) is 6.20 Å². The lowest BCUT2D eigenvalue weighted by molar-refractivity contribution is -0.135. The van der Waals surface area contributed by atoms with Crippen LogP contribution >= 0.6 is 0 Å². The van der Waals surface area contributed by atoms with Crippen molar-refractivity contribution in [2.45, 2.75) is 0 Å². The summed E-state index contributed by atoms with van der Waals surface area (Å²) in [5.41, 5.74) is 0.0967. The molecular weight excluding hydrogens is 236 g/mol. The van der Waals surface area contributed by atoms with E-state index in [9.17, 15) is 14.4 Å². The van der Waals surface area contributed by atoms with Gasteiger partial charge in [0.25, 0.3) is 5.91 Å². The number of amides is 1. The fourth-order valence-corrected chi connectivity index (χ4v) is 1.59. The van der Waals surface area contributed by atoms with Crippen LogP contribution in [-0.4, -0.2) is 28.5 Å². The van der Waals surface area contributed by atoms with E-state index in [4.69, 9.17) is 5.11 Å². The number of carbonyl (C=O) groups is 2. The largest absolute Gasteiger partial charge is 0.480 e. The molecule has 18 heavy (non-hydrogen) atoms. The summed E-state index contributed by atoms with van der Waals surface area (Å²) in [6.07, 6.45) is 1.28. The Kier molecular flexibility index (Phi) is 3.09. The van der Waals surface area contributed by atoms with Gasteiger partial charge in [-0.2, -0.15) is 0 Å². The number of H-pyrrole nitrogens is 1. The third kappa shape index (κ3) is 2.22. The summed E-state index contributed by atoms with van der Waals surface area (Å²) < 4.78 is 0. The van der Waals surface area contributed by atoms with Crippen molar-refractivity contribution < 1.29 is 14.7 Å². The van der Waals surface area contributed by atoms with E-state index in [1.807, 2.05) is 0 Å². The lowest BCUT2D eigenvalue weighted by atomic mass is 10.1. The zero-order chi connectivity index (χ0) is 13.1. The topological polar surface area (TPSA) is 99.3 Å². The predicted octanol–water partition coefficient (Wildman–Crippen LogP) is 0.342. The number of carboxylic acids is 1. The number of hydrogen-bond donors (Lipinski definition) is 3. The molecule has 1 aromatic carbocycles. The van der Waals surface area contributed by atoms with Gasteiger partial charge < -0.3 is 15.4 Å². The van der Waals surface area contributed by atoms with Crippen LogP contribution in [0.1, 0.15) is 10.4 Å². The first kappa shape index (κ1) is 11.8. The molecule has 0 saturated heterocycles. The number of aliphatic carboxylic acids is 1. The fraction of sp³-hybridized carbons (Fsp3) is 0.0833. The van der Waals surface area contributed by atoms with E-state index < -0.39 is 23.9 Å². The van der Waals surface area contributed by atoms with Gasteiger partial charge in [0, 0.05) is 17.1 Å². The van der Waals surface area contributed by atoms with Gasteiger partial charge in [0.15, 0.2) is 0 Å². The average Bonchev–Trinajstić information content (AvgIpc) is 2.37. The molecular formula is C12H10N2O4. The summed E-state index contributed by atoms with van der Waals surface area (Å²) in [7, 11) is 0. The molecule has 0 saturated carbocycles. The van der Waals surface area contributed by atoms with E-state index in [0.29, 0.717) is 10.9 Å². The summed E-state index contributed by atoms with van der Waals surface area (Å²) in [4.78, 5) is 36.8. The van der Waals surface area contributed by atoms with Gasteiger partial charge in [-0.05, 0) is 12.1 Å². The van der Waals surface area contributed by atoms with Gasteiger partial charge in [-0.1, -0.05) is 12.1 Å². The second-order valence-corrected chi connectivity index (χ2v) is 3.65. The van der Waals surface area contributed by atoms with E-state index in [2.05, 4.69) is 10.3 Å². The van der Waals surface area contributed by atoms with Gasteiger partial charge in [-0.25, -0.2) is 0 Å². The van der Waals surface area contributed by atoms with Gasteiger partial charge >= 0.3 is 5.97 Å². The number of hydrogen-bond acceptors (Lipinski definition) is 3. The number of carbonyl (C=O) groups excluding carboxylic acids is 1. The van der Waals surface area contributed by atoms with Gasteiger partial charge in [0.05, 0.1) is 0 Å². The molecule has 6 heteroatoms. The zero-order valence-electron chi connectivity index (χ0n) is 9.27. The smallest absolute Gasteiger partial charge is 0.322 e. The molecule has 0 aliphatic heterocycles.